The number of carboxylic acids is 1. The lowest BCUT2D eigenvalue weighted by Crippen LogP contribution is -2.45. The highest BCUT2D eigenvalue weighted by atomic mass is 16.5. The van der Waals surface area contributed by atoms with Crippen molar-refractivity contribution in [2.75, 3.05) is 106 Å². The monoisotopic (exact) mass is 534 g/mol. The summed E-state index contributed by atoms with van der Waals surface area (Å²) in [6.45, 7) is 6.73. The minimum Gasteiger partial charge on any atom is -0.480 e. The highest BCUT2D eigenvalue weighted by Gasteiger charge is 2.18. The third kappa shape index (κ3) is 18.6. The SMILES string of the molecule is CCCN(C)C(=O)COCCOCC(=O)N(CCC)CCN(CCNC)C(=O)COCCOCC(=O)O. The van der Waals surface area contributed by atoms with Gasteiger partial charge in [0.1, 0.15) is 26.4 Å². The van der Waals surface area contributed by atoms with Crippen LogP contribution in [-0.2, 0) is 38.1 Å². The third-order valence-electron chi connectivity index (χ3n) is 5.10. The third-order valence-corrected chi connectivity index (χ3v) is 5.10. The van der Waals surface area contributed by atoms with Crippen molar-refractivity contribution < 1.29 is 43.2 Å². The number of amides is 3. The van der Waals surface area contributed by atoms with Crippen molar-refractivity contribution >= 4 is 23.7 Å². The lowest BCUT2D eigenvalue weighted by atomic mass is 10.3. The van der Waals surface area contributed by atoms with Crippen LogP contribution in [0.15, 0.2) is 0 Å². The average molecular weight is 535 g/mol. The number of aliphatic carboxylic acids is 1. The second-order valence-corrected chi connectivity index (χ2v) is 8.28. The summed E-state index contributed by atoms with van der Waals surface area (Å²) < 4.78 is 20.9. The van der Waals surface area contributed by atoms with Gasteiger partial charge in [0.2, 0.25) is 17.7 Å². The van der Waals surface area contributed by atoms with Crippen LogP contribution in [0.4, 0.5) is 0 Å². The maximum absolute atomic E-state index is 12.7. The summed E-state index contributed by atoms with van der Waals surface area (Å²) in [5, 5.41) is 11.5. The maximum atomic E-state index is 12.7. The molecule has 0 aromatic carbocycles. The van der Waals surface area contributed by atoms with Crippen molar-refractivity contribution in [2.45, 2.75) is 26.7 Å². The quantitative estimate of drug-likeness (QED) is 0.152. The van der Waals surface area contributed by atoms with E-state index in [0.29, 0.717) is 39.3 Å². The second-order valence-electron chi connectivity index (χ2n) is 8.28. The summed E-state index contributed by atoms with van der Waals surface area (Å²) in [7, 11) is 3.51. The van der Waals surface area contributed by atoms with Gasteiger partial charge in [-0.1, -0.05) is 13.8 Å². The standard InChI is InChI=1S/C24H46N4O9/c1-5-8-26(4)21(29)17-34-13-14-35-18-22(30)27(9-6-2)11-12-28(10-7-25-3)23(31)19-36-15-16-37-20-24(32)33/h25H,5-20H2,1-4H3,(H,32,33). The highest BCUT2D eigenvalue weighted by Crippen LogP contribution is 1.99. The van der Waals surface area contributed by atoms with E-state index in [1.165, 1.54) is 0 Å². The molecular weight excluding hydrogens is 488 g/mol. The topological polar surface area (TPSA) is 147 Å². The van der Waals surface area contributed by atoms with Gasteiger partial charge in [-0.2, -0.15) is 0 Å². The van der Waals surface area contributed by atoms with Crippen LogP contribution in [0.5, 0.6) is 0 Å². The van der Waals surface area contributed by atoms with Gasteiger partial charge in [-0.05, 0) is 19.9 Å². The molecule has 0 atom stereocenters. The number of hydrogen-bond donors (Lipinski definition) is 2. The fraction of sp³-hybridized carbons (Fsp3) is 0.833. The number of rotatable bonds is 24. The summed E-state index contributed by atoms with van der Waals surface area (Å²) in [6.07, 6.45) is 1.63. The van der Waals surface area contributed by atoms with Gasteiger partial charge in [-0.15, -0.1) is 0 Å². The van der Waals surface area contributed by atoms with E-state index in [-0.39, 0.29) is 64.0 Å². The molecule has 13 heteroatoms. The van der Waals surface area contributed by atoms with Crippen molar-refractivity contribution in [2.24, 2.45) is 0 Å². The molecule has 0 fully saturated rings. The molecule has 0 saturated heterocycles. The van der Waals surface area contributed by atoms with Crippen LogP contribution < -0.4 is 5.32 Å². The molecule has 0 rings (SSSR count). The molecule has 0 aliphatic rings. The van der Waals surface area contributed by atoms with E-state index in [1.54, 1.807) is 28.8 Å². The van der Waals surface area contributed by atoms with Gasteiger partial charge in [0, 0.05) is 46.3 Å². The van der Waals surface area contributed by atoms with Crippen LogP contribution in [0.1, 0.15) is 26.7 Å². The van der Waals surface area contributed by atoms with Crippen LogP contribution in [0.25, 0.3) is 0 Å². The lowest BCUT2D eigenvalue weighted by molar-refractivity contribution is -0.144. The van der Waals surface area contributed by atoms with Gasteiger partial charge >= 0.3 is 5.97 Å². The minimum absolute atomic E-state index is 0.0225. The van der Waals surface area contributed by atoms with Gasteiger partial charge in [0.05, 0.1) is 26.4 Å². The molecular formula is C24H46N4O9. The summed E-state index contributed by atoms with van der Waals surface area (Å²) in [5.41, 5.74) is 0. The average Bonchev–Trinajstić information content (AvgIpc) is 2.86. The van der Waals surface area contributed by atoms with Crippen molar-refractivity contribution in [1.29, 1.82) is 0 Å². The predicted molar refractivity (Wildman–Crippen MR) is 136 cm³/mol. The Morgan fingerprint density at radius 3 is 1.51 bits per heavy atom. The molecule has 0 aromatic heterocycles. The number of carboxylic acid groups (broad SMARTS) is 1. The Morgan fingerprint density at radius 2 is 1.08 bits per heavy atom. The molecule has 3 amide bonds. The normalized spacial score (nSPS) is 10.8. The first-order chi connectivity index (χ1) is 17.8. The lowest BCUT2D eigenvalue weighted by Gasteiger charge is -2.28. The molecule has 0 saturated carbocycles. The zero-order chi connectivity index (χ0) is 27.9. The molecule has 0 aliphatic heterocycles. The van der Waals surface area contributed by atoms with E-state index in [9.17, 15) is 19.2 Å². The van der Waals surface area contributed by atoms with E-state index < -0.39 is 12.6 Å². The fourth-order valence-corrected chi connectivity index (χ4v) is 3.11. The molecule has 0 unspecified atom stereocenters. The van der Waals surface area contributed by atoms with Gasteiger partial charge in [-0.3, -0.25) is 14.4 Å². The molecule has 216 valence electrons. The number of ether oxygens (including phenoxy) is 4. The predicted octanol–water partition coefficient (Wildman–Crippen LogP) is -0.708. The van der Waals surface area contributed by atoms with E-state index >= 15 is 0 Å². The van der Waals surface area contributed by atoms with Crippen LogP contribution in [-0.4, -0.2) is 150 Å². The van der Waals surface area contributed by atoms with Gasteiger partial charge in [0.15, 0.2) is 0 Å². The van der Waals surface area contributed by atoms with Crippen LogP contribution >= 0.6 is 0 Å². The molecule has 0 aromatic rings. The number of carbonyl (C=O) groups excluding carboxylic acids is 3. The van der Waals surface area contributed by atoms with E-state index in [4.69, 9.17) is 24.1 Å². The Morgan fingerprint density at radius 1 is 0.649 bits per heavy atom. The van der Waals surface area contributed by atoms with Crippen LogP contribution in [0.3, 0.4) is 0 Å². The zero-order valence-corrected chi connectivity index (χ0v) is 22.9. The number of nitrogens with zero attached hydrogens (tertiary/aromatic N) is 3. The van der Waals surface area contributed by atoms with Crippen LogP contribution in [0, 0.1) is 0 Å². The molecule has 37 heavy (non-hydrogen) atoms. The summed E-state index contributed by atoms with van der Waals surface area (Å²) >= 11 is 0. The van der Waals surface area contributed by atoms with Crippen LogP contribution in [0.2, 0.25) is 0 Å². The van der Waals surface area contributed by atoms with Crippen molar-refractivity contribution in [3.8, 4) is 0 Å². The molecule has 2 N–H and O–H groups in total. The largest absolute Gasteiger partial charge is 0.480 e. The Kier molecular flexibility index (Phi) is 21.4. The Balaban J connectivity index is 4.44. The Hall–Kier alpha value is -2.32. The number of likely N-dealkylation sites (N-methyl/N-ethyl adjacent to an activating group) is 2. The molecule has 0 radical (unpaired) electrons. The van der Waals surface area contributed by atoms with Gasteiger partial charge in [-0.25, -0.2) is 4.79 Å². The first-order valence-electron chi connectivity index (χ1n) is 12.7. The Bertz CT molecular complexity index is 652. The number of hydrogen-bond acceptors (Lipinski definition) is 9. The van der Waals surface area contributed by atoms with Gasteiger partial charge < -0.3 is 44.1 Å². The first-order valence-corrected chi connectivity index (χ1v) is 12.7. The Labute approximate surface area is 220 Å². The zero-order valence-electron chi connectivity index (χ0n) is 22.9. The molecule has 0 heterocycles. The highest BCUT2D eigenvalue weighted by molar-refractivity contribution is 5.79. The summed E-state index contributed by atoms with van der Waals surface area (Å²) in [5.74, 6) is -1.58. The van der Waals surface area contributed by atoms with E-state index in [2.05, 4.69) is 5.32 Å². The van der Waals surface area contributed by atoms with E-state index in [1.807, 2.05) is 13.8 Å². The molecule has 0 aliphatic carbocycles. The minimum atomic E-state index is -1.07. The fourth-order valence-electron chi connectivity index (χ4n) is 3.11. The van der Waals surface area contributed by atoms with Crippen molar-refractivity contribution in [3.63, 3.8) is 0 Å². The van der Waals surface area contributed by atoms with E-state index in [0.717, 1.165) is 12.8 Å². The number of nitrogens with one attached hydrogen (secondary N) is 1. The first kappa shape index (κ1) is 34.7. The second kappa shape index (κ2) is 22.8. The summed E-state index contributed by atoms with van der Waals surface area (Å²) in [6, 6.07) is 0. The molecule has 0 bridgehead atoms. The van der Waals surface area contributed by atoms with Gasteiger partial charge in [0.25, 0.3) is 0 Å². The van der Waals surface area contributed by atoms with Crippen molar-refractivity contribution in [1.82, 2.24) is 20.0 Å². The van der Waals surface area contributed by atoms with Crippen molar-refractivity contribution in [3.05, 3.63) is 0 Å². The molecule has 0 spiro atoms. The molecule has 13 nitrogen and oxygen atoms in total. The smallest absolute Gasteiger partial charge is 0.329 e. The summed E-state index contributed by atoms with van der Waals surface area (Å²) in [4.78, 5) is 52.4. The maximum Gasteiger partial charge on any atom is 0.329 e. The number of carbonyl (C=O) groups is 4.